The molecule has 1 unspecified atom stereocenters. The maximum Gasteiger partial charge on any atom is 0.339 e. The number of carboxylic acid groups (broad SMARTS) is 1. The van der Waals surface area contributed by atoms with Gasteiger partial charge in [-0.3, -0.25) is 0 Å². The number of benzene rings is 1. The summed E-state index contributed by atoms with van der Waals surface area (Å²) in [5, 5.41) is 29.2. The van der Waals surface area contributed by atoms with Gasteiger partial charge in [0, 0.05) is 13.2 Å². The van der Waals surface area contributed by atoms with Crippen LogP contribution in [0.25, 0.3) is 0 Å². The van der Waals surface area contributed by atoms with Gasteiger partial charge in [-0.1, -0.05) is 12.2 Å². The first kappa shape index (κ1) is 27.1. The zero-order chi connectivity index (χ0) is 24.6. The third-order valence-electron chi connectivity index (χ3n) is 5.28. The van der Waals surface area contributed by atoms with E-state index in [4.69, 9.17) is 23.7 Å². The van der Waals surface area contributed by atoms with Crippen molar-refractivity contribution in [2.45, 2.75) is 76.7 Å². The predicted octanol–water partition coefficient (Wildman–Crippen LogP) is 3.26. The molecule has 2 rings (SSSR count). The molecule has 1 heterocycles. The van der Waals surface area contributed by atoms with Gasteiger partial charge < -0.3 is 39.0 Å². The quantitative estimate of drug-likeness (QED) is 0.295. The fourth-order valence-corrected chi connectivity index (χ4v) is 3.89. The van der Waals surface area contributed by atoms with Crippen molar-refractivity contribution in [3.05, 3.63) is 35.4 Å². The molecular weight excluding hydrogens is 432 g/mol. The highest BCUT2D eigenvalue weighted by Gasteiger charge is 2.44. The van der Waals surface area contributed by atoms with Crippen molar-refractivity contribution in [2.24, 2.45) is 0 Å². The van der Waals surface area contributed by atoms with Crippen LogP contribution in [0.5, 0.6) is 11.5 Å². The van der Waals surface area contributed by atoms with E-state index in [-0.39, 0.29) is 24.2 Å². The van der Waals surface area contributed by atoms with Crippen molar-refractivity contribution in [3.8, 4) is 11.5 Å². The number of aryl methyl sites for hydroxylation is 1. The maximum absolute atomic E-state index is 11.6. The normalized spacial score (nSPS) is 21.9. The van der Waals surface area contributed by atoms with Crippen molar-refractivity contribution in [1.29, 1.82) is 0 Å². The summed E-state index contributed by atoms with van der Waals surface area (Å²) in [6.07, 6.45) is 4.07. The van der Waals surface area contributed by atoms with E-state index >= 15 is 0 Å². The molecule has 0 saturated carbocycles. The Bertz CT molecular complexity index is 803. The van der Waals surface area contributed by atoms with Crippen LogP contribution >= 0.6 is 0 Å². The second-order valence-electron chi connectivity index (χ2n) is 8.57. The van der Waals surface area contributed by atoms with Crippen LogP contribution < -0.4 is 4.74 Å². The summed E-state index contributed by atoms with van der Waals surface area (Å²) in [7, 11) is 2.99. The zero-order valence-electron chi connectivity index (χ0n) is 19.9. The van der Waals surface area contributed by atoms with Gasteiger partial charge in [-0.25, -0.2) is 4.79 Å². The molecular formula is C24H36O9. The molecule has 9 heteroatoms. The molecule has 1 aliphatic rings. The van der Waals surface area contributed by atoms with E-state index in [0.717, 1.165) is 0 Å². The van der Waals surface area contributed by atoms with Crippen molar-refractivity contribution < 1.29 is 43.8 Å². The van der Waals surface area contributed by atoms with Gasteiger partial charge in [-0.05, 0) is 58.1 Å². The molecule has 4 atom stereocenters. The molecule has 0 radical (unpaired) electrons. The van der Waals surface area contributed by atoms with Crippen LogP contribution in [0.2, 0.25) is 0 Å². The molecule has 33 heavy (non-hydrogen) atoms. The topological polar surface area (TPSA) is 124 Å². The molecule has 0 bridgehead atoms. The lowest BCUT2D eigenvalue weighted by Crippen LogP contribution is -2.36. The number of carboxylic acids is 1. The average Bonchev–Trinajstić information content (AvgIpc) is 3.03. The fraction of sp³-hybridized carbons (Fsp3) is 0.625. The van der Waals surface area contributed by atoms with E-state index in [9.17, 15) is 20.1 Å². The van der Waals surface area contributed by atoms with Crippen LogP contribution in [-0.4, -0.2) is 72.5 Å². The number of aliphatic hydroxyl groups is 1. The first-order valence-electron chi connectivity index (χ1n) is 11.0. The van der Waals surface area contributed by atoms with Crippen molar-refractivity contribution in [1.82, 2.24) is 0 Å². The van der Waals surface area contributed by atoms with Gasteiger partial charge in [0.2, 0.25) is 0 Å². The molecule has 1 aromatic carbocycles. The number of aromatic hydroxyl groups is 1. The molecule has 186 valence electrons. The SMILES string of the molecule is COCOC(/C=C\C[C@@H](C)O)[C@H]1OC(C)(C)O[C@H]1CCCc1cc(OC)cc(O)c1C(=O)O. The third kappa shape index (κ3) is 7.97. The van der Waals surface area contributed by atoms with Gasteiger partial charge in [0.25, 0.3) is 0 Å². The molecule has 0 aromatic heterocycles. The van der Waals surface area contributed by atoms with Gasteiger partial charge in [-0.2, -0.15) is 0 Å². The van der Waals surface area contributed by atoms with E-state index in [1.54, 1.807) is 13.0 Å². The molecule has 0 aliphatic carbocycles. The van der Waals surface area contributed by atoms with Crippen LogP contribution in [0.3, 0.4) is 0 Å². The second kappa shape index (κ2) is 12.3. The van der Waals surface area contributed by atoms with Crippen LogP contribution in [-0.2, 0) is 25.4 Å². The first-order valence-corrected chi connectivity index (χ1v) is 11.0. The number of ether oxygens (including phenoxy) is 5. The van der Waals surface area contributed by atoms with Crippen LogP contribution in [0.15, 0.2) is 24.3 Å². The van der Waals surface area contributed by atoms with Gasteiger partial charge in [0.15, 0.2) is 5.79 Å². The summed E-state index contributed by atoms with van der Waals surface area (Å²) in [6.45, 7) is 5.44. The maximum atomic E-state index is 11.6. The lowest BCUT2D eigenvalue weighted by molar-refractivity contribution is -0.163. The summed E-state index contributed by atoms with van der Waals surface area (Å²) in [5.74, 6) is -1.94. The van der Waals surface area contributed by atoms with Gasteiger partial charge in [0.05, 0.1) is 19.3 Å². The molecule has 0 spiro atoms. The molecule has 1 aromatic rings. The van der Waals surface area contributed by atoms with Crippen LogP contribution in [0, 0.1) is 0 Å². The Morgan fingerprint density at radius 1 is 1.27 bits per heavy atom. The molecule has 0 amide bonds. The monoisotopic (exact) mass is 468 g/mol. The molecule has 1 fully saturated rings. The number of rotatable bonds is 13. The molecule has 1 saturated heterocycles. The first-order chi connectivity index (χ1) is 15.6. The van der Waals surface area contributed by atoms with Gasteiger partial charge >= 0.3 is 5.97 Å². The minimum absolute atomic E-state index is 0.0712. The number of hydrogen-bond acceptors (Lipinski definition) is 8. The minimum atomic E-state index is -1.19. The fourth-order valence-electron chi connectivity index (χ4n) is 3.89. The number of hydrogen-bond donors (Lipinski definition) is 3. The Morgan fingerprint density at radius 2 is 2.00 bits per heavy atom. The Kier molecular flexibility index (Phi) is 10.1. The number of methoxy groups -OCH3 is 2. The number of carbonyl (C=O) groups is 1. The Hall–Kier alpha value is -2.17. The Labute approximate surface area is 194 Å². The zero-order valence-corrected chi connectivity index (χ0v) is 19.9. The average molecular weight is 469 g/mol. The summed E-state index contributed by atoms with van der Waals surface area (Å²) in [6, 6.07) is 2.91. The predicted molar refractivity (Wildman–Crippen MR) is 121 cm³/mol. The van der Waals surface area contributed by atoms with E-state index < -0.39 is 30.1 Å². The second-order valence-corrected chi connectivity index (χ2v) is 8.57. The summed E-state index contributed by atoms with van der Waals surface area (Å²) in [4.78, 5) is 11.6. The minimum Gasteiger partial charge on any atom is -0.507 e. The highest BCUT2D eigenvalue weighted by atomic mass is 16.8. The summed E-state index contributed by atoms with van der Waals surface area (Å²) >= 11 is 0. The van der Waals surface area contributed by atoms with Gasteiger partial charge in [-0.15, -0.1) is 0 Å². The number of aromatic carboxylic acids is 1. The molecule has 3 N–H and O–H groups in total. The van der Waals surface area contributed by atoms with E-state index in [1.165, 1.54) is 20.3 Å². The summed E-state index contributed by atoms with van der Waals surface area (Å²) in [5.41, 5.74) is 0.358. The number of aliphatic hydroxyl groups excluding tert-OH is 1. The lowest BCUT2D eigenvalue weighted by atomic mass is 9.96. The van der Waals surface area contributed by atoms with E-state index in [1.807, 2.05) is 26.0 Å². The third-order valence-corrected chi connectivity index (χ3v) is 5.28. The van der Waals surface area contributed by atoms with E-state index in [2.05, 4.69) is 0 Å². The Morgan fingerprint density at radius 3 is 2.61 bits per heavy atom. The van der Waals surface area contributed by atoms with E-state index in [0.29, 0.717) is 37.0 Å². The van der Waals surface area contributed by atoms with Crippen molar-refractivity contribution >= 4 is 5.97 Å². The summed E-state index contributed by atoms with van der Waals surface area (Å²) < 4.78 is 28.3. The standard InChI is InChI=1S/C24H36O9/c1-15(25)8-6-10-19(31-14-29-4)22-20(32-24(2,3)33-22)11-7-9-16-12-17(30-5)13-18(26)21(16)23(27)28/h6,10,12-13,15,19-20,22,25-26H,7-9,11,14H2,1-5H3,(H,27,28)/b10-6-/t15-,19?,20+,22-/m1/s1. The Balaban J connectivity index is 2.15. The van der Waals surface area contributed by atoms with Crippen molar-refractivity contribution in [2.75, 3.05) is 21.0 Å². The van der Waals surface area contributed by atoms with Gasteiger partial charge in [0.1, 0.15) is 36.1 Å². The molecule has 1 aliphatic heterocycles. The molecule has 9 nitrogen and oxygen atoms in total. The largest absolute Gasteiger partial charge is 0.507 e. The van der Waals surface area contributed by atoms with Crippen molar-refractivity contribution in [3.63, 3.8) is 0 Å². The highest BCUT2D eigenvalue weighted by Crippen LogP contribution is 2.35. The van der Waals surface area contributed by atoms with Crippen LogP contribution in [0.4, 0.5) is 0 Å². The highest BCUT2D eigenvalue weighted by molar-refractivity contribution is 5.92. The smallest absolute Gasteiger partial charge is 0.339 e. The lowest BCUT2D eigenvalue weighted by Gasteiger charge is -2.24. The van der Waals surface area contributed by atoms with Crippen LogP contribution in [0.1, 0.15) is 56.0 Å². The number of phenols is 1.